The summed E-state index contributed by atoms with van der Waals surface area (Å²) < 4.78 is 5.53. The van der Waals surface area contributed by atoms with Crippen molar-refractivity contribution in [1.82, 2.24) is 10.3 Å². The molecule has 0 saturated carbocycles. The van der Waals surface area contributed by atoms with Gasteiger partial charge >= 0.3 is 0 Å². The Kier molecular flexibility index (Phi) is 3.85. The molecule has 0 atom stereocenters. The third-order valence-electron chi connectivity index (χ3n) is 2.57. The van der Waals surface area contributed by atoms with Gasteiger partial charge in [-0.3, -0.25) is 9.78 Å². The van der Waals surface area contributed by atoms with Crippen LogP contribution in [0, 0.1) is 0 Å². The van der Waals surface area contributed by atoms with E-state index in [0.29, 0.717) is 17.0 Å². The lowest BCUT2D eigenvalue weighted by Crippen LogP contribution is -2.34. The van der Waals surface area contributed by atoms with Crippen LogP contribution in [0.2, 0.25) is 0 Å². The first kappa shape index (κ1) is 13.1. The number of hydrogen-bond acceptors (Lipinski definition) is 4. The number of nitrogen functional groups attached to an aromatic ring is 1. The van der Waals surface area contributed by atoms with E-state index in [1.807, 2.05) is 26.0 Å². The minimum absolute atomic E-state index is 0.0217. The van der Waals surface area contributed by atoms with Crippen molar-refractivity contribution >= 4 is 22.5 Å². The maximum Gasteiger partial charge on any atom is 0.258 e. The van der Waals surface area contributed by atoms with Gasteiger partial charge in [0.05, 0.1) is 11.2 Å². The highest BCUT2D eigenvalue weighted by molar-refractivity contribution is 5.94. The van der Waals surface area contributed by atoms with Gasteiger partial charge in [-0.05, 0) is 38.1 Å². The maximum atomic E-state index is 11.6. The van der Waals surface area contributed by atoms with Crippen molar-refractivity contribution in [2.75, 3.05) is 12.3 Å². The molecule has 0 unspecified atom stereocenters. The van der Waals surface area contributed by atoms with E-state index in [1.165, 1.54) is 0 Å². The lowest BCUT2D eigenvalue weighted by atomic mass is 10.2. The van der Waals surface area contributed by atoms with E-state index in [0.717, 1.165) is 5.39 Å². The van der Waals surface area contributed by atoms with Crippen molar-refractivity contribution in [1.29, 1.82) is 0 Å². The monoisotopic (exact) mass is 259 g/mol. The highest BCUT2D eigenvalue weighted by atomic mass is 16.5. The molecule has 0 saturated heterocycles. The highest BCUT2D eigenvalue weighted by Gasteiger charge is 2.08. The highest BCUT2D eigenvalue weighted by Crippen LogP contribution is 2.28. The van der Waals surface area contributed by atoms with Gasteiger partial charge < -0.3 is 15.8 Å². The van der Waals surface area contributed by atoms with Crippen LogP contribution in [0.5, 0.6) is 5.75 Å². The van der Waals surface area contributed by atoms with E-state index in [1.54, 1.807) is 18.3 Å². The normalized spacial score (nSPS) is 10.7. The number of carbonyl (C=O) groups excluding carboxylic acids is 1. The maximum absolute atomic E-state index is 11.6. The molecule has 0 aliphatic rings. The zero-order valence-corrected chi connectivity index (χ0v) is 11.0. The van der Waals surface area contributed by atoms with Gasteiger partial charge in [0, 0.05) is 17.6 Å². The summed E-state index contributed by atoms with van der Waals surface area (Å²) in [5, 5.41) is 3.57. The smallest absolute Gasteiger partial charge is 0.258 e. The molecule has 2 aromatic rings. The molecular weight excluding hydrogens is 242 g/mol. The number of nitrogens with zero attached hydrogens (tertiary/aromatic N) is 1. The third-order valence-corrected chi connectivity index (χ3v) is 2.57. The Hall–Kier alpha value is -2.30. The zero-order valence-electron chi connectivity index (χ0n) is 11.0. The summed E-state index contributed by atoms with van der Waals surface area (Å²) in [6.45, 7) is 3.78. The standard InChI is InChI=1S/C14H17N3O2/c1-9(2)17-13(18)8-19-12-6-5-11(15)14-10(12)4-3-7-16-14/h3-7,9H,8,15H2,1-2H3,(H,17,18). The van der Waals surface area contributed by atoms with Crippen LogP contribution < -0.4 is 15.8 Å². The van der Waals surface area contributed by atoms with Crippen molar-refractivity contribution in [2.24, 2.45) is 0 Å². The van der Waals surface area contributed by atoms with E-state index in [2.05, 4.69) is 10.3 Å². The number of carbonyl (C=O) groups is 1. The Labute approximate surface area is 111 Å². The number of nitrogens with two attached hydrogens (primary N) is 1. The molecule has 0 spiro atoms. The van der Waals surface area contributed by atoms with Gasteiger partial charge in [0.25, 0.3) is 5.91 Å². The second-order valence-corrected chi connectivity index (χ2v) is 4.56. The number of amides is 1. The second-order valence-electron chi connectivity index (χ2n) is 4.56. The summed E-state index contributed by atoms with van der Waals surface area (Å²) in [6.07, 6.45) is 1.67. The lowest BCUT2D eigenvalue weighted by Gasteiger charge is -2.11. The van der Waals surface area contributed by atoms with Gasteiger partial charge in [-0.15, -0.1) is 0 Å². The molecule has 0 fully saturated rings. The van der Waals surface area contributed by atoms with Crippen molar-refractivity contribution in [3.05, 3.63) is 30.5 Å². The number of hydrogen-bond donors (Lipinski definition) is 2. The molecule has 5 nitrogen and oxygen atoms in total. The fourth-order valence-corrected chi connectivity index (χ4v) is 1.80. The Bertz CT molecular complexity index is 596. The quantitative estimate of drug-likeness (QED) is 0.820. The SMILES string of the molecule is CC(C)NC(=O)COc1ccc(N)c2ncccc12. The largest absolute Gasteiger partial charge is 0.483 e. The van der Waals surface area contributed by atoms with Crippen LogP contribution in [0.4, 0.5) is 5.69 Å². The van der Waals surface area contributed by atoms with Crippen LogP contribution in [-0.2, 0) is 4.79 Å². The van der Waals surface area contributed by atoms with Crippen LogP contribution in [0.25, 0.3) is 10.9 Å². The fourth-order valence-electron chi connectivity index (χ4n) is 1.80. The lowest BCUT2D eigenvalue weighted by molar-refractivity contribution is -0.123. The number of rotatable bonds is 4. The van der Waals surface area contributed by atoms with E-state index in [9.17, 15) is 4.79 Å². The van der Waals surface area contributed by atoms with Crippen LogP contribution in [0.1, 0.15) is 13.8 Å². The Morgan fingerprint density at radius 3 is 2.95 bits per heavy atom. The number of benzene rings is 1. The first-order valence-electron chi connectivity index (χ1n) is 6.13. The van der Waals surface area contributed by atoms with E-state index >= 15 is 0 Å². The van der Waals surface area contributed by atoms with E-state index < -0.39 is 0 Å². The predicted molar refractivity (Wildman–Crippen MR) is 74.9 cm³/mol. The summed E-state index contributed by atoms with van der Waals surface area (Å²) in [4.78, 5) is 15.8. The van der Waals surface area contributed by atoms with Gasteiger partial charge in [-0.1, -0.05) is 0 Å². The number of aromatic nitrogens is 1. The Balaban J connectivity index is 2.17. The van der Waals surface area contributed by atoms with Crippen LogP contribution in [0.15, 0.2) is 30.5 Å². The van der Waals surface area contributed by atoms with E-state index in [-0.39, 0.29) is 18.6 Å². The molecule has 1 aromatic carbocycles. The van der Waals surface area contributed by atoms with Crippen LogP contribution >= 0.6 is 0 Å². The summed E-state index contributed by atoms with van der Waals surface area (Å²) in [5.41, 5.74) is 7.13. The molecule has 3 N–H and O–H groups in total. The number of nitrogens with one attached hydrogen (secondary N) is 1. The third kappa shape index (κ3) is 3.13. The van der Waals surface area contributed by atoms with Crippen molar-refractivity contribution in [3.63, 3.8) is 0 Å². The molecule has 100 valence electrons. The number of ether oxygens (including phenoxy) is 1. The number of anilines is 1. The van der Waals surface area contributed by atoms with Gasteiger partial charge in [-0.25, -0.2) is 0 Å². The summed E-state index contributed by atoms with van der Waals surface area (Å²) in [6, 6.07) is 7.26. The molecule has 0 bridgehead atoms. The molecule has 0 aliphatic carbocycles. The Morgan fingerprint density at radius 1 is 1.42 bits per heavy atom. The number of pyridine rings is 1. The minimum Gasteiger partial charge on any atom is -0.483 e. The van der Waals surface area contributed by atoms with Gasteiger partial charge in [0.15, 0.2) is 6.61 Å². The van der Waals surface area contributed by atoms with Crippen molar-refractivity contribution < 1.29 is 9.53 Å². The van der Waals surface area contributed by atoms with Crippen LogP contribution in [-0.4, -0.2) is 23.5 Å². The molecule has 19 heavy (non-hydrogen) atoms. The number of fused-ring (bicyclic) bond motifs is 1. The summed E-state index contributed by atoms with van der Waals surface area (Å²) in [7, 11) is 0. The molecule has 2 rings (SSSR count). The molecular formula is C14H17N3O2. The van der Waals surface area contributed by atoms with Crippen molar-refractivity contribution in [3.8, 4) is 5.75 Å². The molecule has 1 amide bonds. The summed E-state index contributed by atoms with van der Waals surface area (Å²) in [5.74, 6) is 0.458. The summed E-state index contributed by atoms with van der Waals surface area (Å²) >= 11 is 0. The molecule has 1 heterocycles. The molecule has 1 aromatic heterocycles. The van der Waals surface area contributed by atoms with Gasteiger partial charge in [0.2, 0.25) is 0 Å². The molecule has 0 radical (unpaired) electrons. The predicted octanol–water partition coefficient (Wildman–Crippen LogP) is 1.72. The van der Waals surface area contributed by atoms with Crippen molar-refractivity contribution in [2.45, 2.75) is 19.9 Å². The van der Waals surface area contributed by atoms with E-state index in [4.69, 9.17) is 10.5 Å². The van der Waals surface area contributed by atoms with Gasteiger partial charge in [0.1, 0.15) is 5.75 Å². The average molecular weight is 259 g/mol. The average Bonchev–Trinajstić information content (AvgIpc) is 2.37. The van der Waals surface area contributed by atoms with Gasteiger partial charge in [-0.2, -0.15) is 0 Å². The minimum atomic E-state index is -0.149. The second kappa shape index (κ2) is 5.56. The van der Waals surface area contributed by atoms with Crippen LogP contribution in [0.3, 0.4) is 0 Å². The fraction of sp³-hybridized carbons (Fsp3) is 0.286. The first-order valence-corrected chi connectivity index (χ1v) is 6.13. The molecule has 0 aliphatic heterocycles. The molecule has 5 heteroatoms. The zero-order chi connectivity index (χ0) is 13.8. The Morgan fingerprint density at radius 2 is 2.21 bits per heavy atom. The first-order chi connectivity index (χ1) is 9.08. The topological polar surface area (TPSA) is 77.2 Å².